The molecule has 5 aromatic rings. The van der Waals surface area contributed by atoms with Gasteiger partial charge in [0.05, 0.1) is 28.6 Å². The Morgan fingerprint density at radius 2 is 1.89 bits per heavy atom. The number of imidazole rings is 1. The van der Waals surface area contributed by atoms with Crippen LogP contribution in [0.5, 0.6) is 5.88 Å². The van der Waals surface area contributed by atoms with Gasteiger partial charge in [-0.1, -0.05) is 18.2 Å². The van der Waals surface area contributed by atoms with E-state index in [4.69, 9.17) is 19.7 Å². The number of fused-ring (bicyclic) bond motifs is 2. The molecule has 37 heavy (non-hydrogen) atoms. The Morgan fingerprint density at radius 1 is 1.05 bits per heavy atom. The van der Waals surface area contributed by atoms with E-state index < -0.39 is 0 Å². The zero-order chi connectivity index (χ0) is 25.4. The molecule has 0 fully saturated rings. The number of rotatable bonds is 7. The quantitative estimate of drug-likeness (QED) is 0.299. The molecule has 0 radical (unpaired) electrons. The summed E-state index contributed by atoms with van der Waals surface area (Å²) in [6.45, 7) is 5.20. The fourth-order valence-electron chi connectivity index (χ4n) is 4.94. The zero-order valence-corrected chi connectivity index (χ0v) is 20.8. The lowest BCUT2D eigenvalue weighted by molar-refractivity contribution is 0.246. The zero-order valence-electron chi connectivity index (χ0n) is 20.8. The maximum Gasteiger partial charge on any atom is 0.223 e. The van der Waals surface area contributed by atoms with Gasteiger partial charge in [-0.05, 0) is 62.7 Å². The second kappa shape index (κ2) is 9.61. The number of aryl methyl sites for hydroxylation is 2. The molecule has 1 aliphatic heterocycles. The monoisotopic (exact) mass is 494 g/mol. The number of benzene rings is 2. The third kappa shape index (κ3) is 4.39. The van der Waals surface area contributed by atoms with Crippen LogP contribution < -0.4 is 10.1 Å². The van der Waals surface area contributed by atoms with Gasteiger partial charge in [-0.25, -0.2) is 24.3 Å². The summed E-state index contributed by atoms with van der Waals surface area (Å²) in [7, 11) is 0. The highest BCUT2D eigenvalue weighted by molar-refractivity contribution is 5.80. The van der Waals surface area contributed by atoms with Crippen molar-refractivity contribution < 1.29 is 9.13 Å². The molecule has 0 spiro atoms. The number of halogens is 1. The number of anilines is 1. The lowest BCUT2D eigenvalue weighted by atomic mass is 10.1. The van der Waals surface area contributed by atoms with Crippen LogP contribution >= 0.6 is 0 Å². The van der Waals surface area contributed by atoms with E-state index >= 15 is 0 Å². The van der Waals surface area contributed by atoms with Crippen molar-refractivity contribution in [3.63, 3.8) is 0 Å². The van der Waals surface area contributed by atoms with Crippen LogP contribution in [0.4, 0.5) is 10.3 Å². The van der Waals surface area contributed by atoms with Gasteiger partial charge in [0.15, 0.2) is 0 Å². The molecule has 3 aromatic heterocycles. The molecule has 2 aromatic carbocycles. The van der Waals surface area contributed by atoms with Crippen molar-refractivity contribution >= 4 is 16.9 Å². The average Bonchev–Trinajstić information content (AvgIpc) is 3.48. The Labute approximate surface area is 214 Å². The number of hydrogen-bond acceptors (Lipinski definition) is 6. The van der Waals surface area contributed by atoms with Gasteiger partial charge in [-0.2, -0.15) is 0 Å². The molecule has 0 saturated carbocycles. The molecule has 1 unspecified atom stereocenters. The number of nitrogens with one attached hydrogen (secondary N) is 1. The van der Waals surface area contributed by atoms with Crippen molar-refractivity contribution in [2.24, 2.45) is 0 Å². The first-order valence-electron chi connectivity index (χ1n) is 12.5. The van der Waals surface area contributed by atoms with Crippen molar-refractivity contribution in [3.8, 4) is 28.5 Å². The van der Waals surface area contributed by atoms with Crippen LogP contribution in [0.2, 0.25) is 0 Å². The van der Waals surface area contributed by atoms with Crippen LogP contribution in [-0.4, -0.2) is 37.7 Å². The van der Waals surface area contributed by atoms with E-state index in [2.05, 4.69) is 27.0 Å². The molecule has 8 heteroatoms. The number of aromatic nitrogens is 5. The molecule has 1 N–H and O–H groups in total. The molecule has 4 heterocycles. The summed E-state index contributed by atoms with van der Waals surface area (Å²) in [6, 6.07) is 18.5. The van der Waals surface area contributed by atoms with Crippen LogP contribution in [0.3, 0.4) is 0 Å². The molecule has 6 rings (SSSR count). The normalized spacial score (nSPS) is 14.6. The minimum absolute atomic E-state index is 0.0527. The Morgan fingerprint density at radius 3 is 2.73 bits per heavy atom. The van der Waals surface area contributed by atoms with Crippen LogP contribution in [0, 0.1) is 12.7 Å². The molecule has 1 aliphatic rings. The standard InChI is InChI=1S/C29H27FN6O/c1-3-31-29-32-15-14-24(34-29)27-26(19-8-10-21(30)11-9-19)35-25-13-12-22(36(25)27)17-37-28-18(2)16-20-6-4-5-7-23(20)33-28/h4-11,14-16,22H,3,12-13,17H2,1-2H3,(H,31,32,34). The van der Waals surface area contributed by atoms with Crippen LogP contribution in [0.15, 0.2) is 66.9 Å². The van der Waals surface area contributed by atoms with E-state index in [1.807, 2.05) is 38.1 Å². The maximum atomic E-state index is 13.7. The number of hydrogen-bond donors (Lipinski definition) is 1. The topological polar surface area (TPSA) is 77.8 Å². The molecular formula is C29H27FN6O. The highest BCUT2D eigenvalue weighted by Crippen LogP contribution is 2.39. The maximum absolute atomic E-state index is 13.7. The number of ether oxygens (including phenoxy) is 1. The second-order valence-electron chi connectivity index (χ2n) is 9.20. The van der Waals surface area contributed by atoms with Crippen molar-refractivity contribution in [1.82, 2.24) is 24.5 Å². The Hall–Kier alpha value is -4.33. The van der Waals surface area contributed by atoms with E-state index in [9.17, 15) is 4.39 Å². The fraction of sp³-hybridized carbons (Fsp3) is 0.241. The average molecular weight is 495 g/mol. The summed E-state index contributed by atoms with van der Waals surface area (Å²) < 4.78 is 22.2. The molecule has 0 amide bonds. The molecule has 186 valence electrons. The lowest BCUT2D eigenvalue weighted by Crippen LogP contribution is -2.16. The molecule has 0 aliphatic carbocycles. The number of nitrogens with zero attached hydrogens (tertiary/aromatic N) is 5. The number of para-hydroxylation sites is 1. The van der Waals surface area contributed by atoms with Crippen molar-refractivity contribution in [3.05, 3.63) is 84.1 Å². The van der Waals surface area contributed by atoms with E-state index in [-0.39, 0.29) is 11.9 Å². The fourth-order valence-corrected chi connectivity index (χ4v) is 4.94. The molecule has 0 bridgehead atoms. The van der Waals surface area contributed by atoms with E-state index in [0.29, 0.717) is 25.0 Å². The van der Waals surface area contributed by atoms with E-state index in [1.54, 1.807) is 18.3 Å². The first kappa shape index (κ1) is 23.1. The van der Waals surface area contributed by atoms with Gasteiger partial charge >= 0.3 is 0 Å². The molecule has 7 nitrogen and oxygen atoms in total. The Balaban J connectivity index is 1.39. The number of pyridine rings is 1. The van der Waals surface area contributed by atoms with Crippen molar-refractivity contribution in [2.75, 3.05) is 18.5 Å². The van der Waals surface area contributed by atoms with E-state index in [0.717, 1.165) is 57.8 Å². The predicted octanol–water partition coefficient (Wildman–Crippen LogP) is 6.00. The molecule has 1 atom stereocenters. The highest BCUT2D eigenvalue weighted by Gasteiger charge is 2.31. The van der Waals surface area contributed by atoms with Gasteiger partial charge in [0, 0.05) is 35.7 Å². The highest BCUT2D eigenvalue weighted by atomic mass is 19.1. The van der Waals surface area contributed by atoms with Gasteiger partial charge in [0.2, 0.25) is 11.8 Å². The minimum atomic E-state index is -0.280. The SMILES string of the molecule is CCNc1nccc(-c2c(-c3ccc(F)cc3)nc3n2C(COc2nc4ccccc4cc2C)CC3)n1. The van der Waals surface area contributed by atoms with Crippen LogP contribution in [0.25, 0.3) is 33.5 Å². The van der Waals surface area contributed by atoms with Crippen molar-refractivity contribution in [2.45, 2.75) is 32.7 Å². The summed E-state index contributed by atoms with van der Waals surface area (Å²) in [4.78, 5) is 18.9. The van der Waals surface area contributed by atoms with Crippen molar-refractivity contribution in [1.29, 1.82) is 0 Å². The van der Waals surface area contributed by atoms with Gasteiger partial charge in [-0.15, -0.1) is 0 Å². The summed E-state index contributed by atoms with van der Waals surface area (Å²) in [6.07, 6.45) is 3.46. The summed E-state index contributed by atoms with van der Waals surface area (Å²) in [5.74, 6) is 1.89. The summed E-state index contributed by atoms with van der Waals surface area (Å²) >= 11 is 0. The Kier molecular flexibility index (Phi) is 6.00. The first-order valence-corrected chi connectivity index (χ1v) is 12.5. The predicted molar refractivity (Wildman–Crippen MR) is 142 cm³/mol. The largest absolute Gasteiger partial charge is 0.475 e. The van der Waals surface area contributed by atoms with Crippen LogP contribution in [0.1, 0.15) is 30.8 Å². The minimum Gasteiger partial charge on any atom is -0.475 e. The van der Waals surface area contributed by atoms with Gasteiger partial charge in [0.25, 0.3) is 0 Å². The summed E-state index contributed by atoms with van der Waals surface area (Å²) in [5.41, 5.74) is 5.18. The van der Waals surface area contributed by atoms with Gasteiger partial charge < -0.3 is 14.6 Å². The smallest absolute Gasteiger partial charge is 0.223 e. The third-order valence-electron chi connectivity index (χ3n) is 6.68. The molecular weight excluding hydrogens is 467 g/mol. The van der Waals surface area contributed by atoms with Crippen LogP contribution in [-0.2, 0) is 6.42 Å². The van der Waals surface area contributed by atoms with Gasteiger partial charge in [0.1, 0.15) is 18.2 Å². The lowest BCUT2D eigenvalue weighted by Gasteiger charge is -2.19. The Bertz CT molecular complexity index is 1580. The van der Waals surface area contributed by atoms with Gasteiger partial charge in [-0.3, -0.25) is 0 Å². The third-order valence-corrected chi connectivity index (χ3v) is 6.68. The summed E-state index contributed by atoms with van der Waals surface area (Å²) in [5, 5.41) is 4.28. The molecule has 0 saturated heterocycles. The second-order valence-corrected chi connectivity index (χ2v) is 9.20. The van der Waals surface area contributed by atoms with E-state index in [1.165, 1.54) is 12.1 Å². The first-order chi connectivity index (χ1) is 18.1.